The molecule has 0 spiro atoms. The van der Waals surface area contributed by atoms with E-state index in [0.717, 1.165) is 11.3 Å². The lowest BCUT2D eigenvalue weighted by Crippen LogP contribution is -2.14. The molecule has 3 aromatic heterocycles. The lowest BCUT2D eigenvalue weighted by molar-refractivity contribution is 0.102. The fourth-order valence-electron chi connectivity index (χ4n) is 2.75. The zero-order valence-corrected chi connectivity index (χ0v) is 18.0. The molecule has 0 saturated heterocycles. The Morgan fingerprint density at radius 2 is 2.00 bits per heavy atom. The number of pyridine rings is 1. The zero-order chi connectivity index (χ0) is 22.5. The number of ether oxygens (including phenoxy) is 2. The average molecular weight is 473 g/mol. The van der Waals surface area contributed by atoms with E-state index in [-0.39, 0.29) is 39.4 Å². The molecular weight excluding hydrogens is 459 g/mol. The maximum absolute atomic E-state index is 14.5. The van der Waals surface area contributed by atoms with E-state index in [1.165, 1.54) is 37.8 Å². The Kier molecular flexibility index (Phi) is 6.47. The molecule has 12 heteroatoms. The minimum absolute atomic E-state index is 0.0893. The van der Waals surface area contributed by atoms with E-state index in [1.807, 2.05) is 0 Å². The summed E-state index contributed by atoms with van der Waals surface area (Å²) < 4.78 is 25.3. The molecule has 1 amide bonds. The van der Waals surface area contributed by atoms with Crippen LogP contribution in [0.5, 0.6) is 10.9 Å². The number of nitrogens with one attached hydrogen (secondary N) is 1. The minimum atomic E-state index is -0.567. The molecule has 0 aliphatic rings. The third kappa shape index (κ3) is 4.79. The molecular formula is C20H14ClFN6O3S. The molecule has 0 aliphatic heterocycles. The van der Waals surface area contributed by atoms with Gasteiger partial charge >= 0.3 is 0 Å². The third-order valence-corrected chi connectivity index (χ3v) is 5.17. The Morgan fingerprint density at radius 3 is 2.78 bits per heavy atom. The molecule has 0 fully saturated rings. The zero-order valence-electron chi connectivity index (χ0n) is 16.5. The number of nitrogens with zero attached hydrogens (tertiary/aromatic N) is 5. The molecule has 0 radical (unpaired) electrons. The molecule has 0 atom stereocenters. The van der Waals surface area contributed by atoms with Crippen LogP contribution >= 0.6 is 22.9 Å². The first-order valence-electron chi connectivity index (χ1n) is 9.07. The van der Waals surface area contributed by atoms with E-state index in [1.54, 1.807) is 18.2 Å². The first-order chi connectivity index (χ1) is 15.5. The van der Waals surface area contributed by atoms with Gasteiger partial charge in [-0.25, -0.2) is 4.39 Å². The molecule has 0 unspecified atom stereocenters. The van der Waals surface area contributed by atoms with Crippen molar-refractivity contribution in [2.24, 2.45) is 0 Å². The van der Waals surface area contributed by atoms with Crippen LogP contribution in [-0.2, 0) is 6.61 Å². The Morgan fingerprint density at radius 1 is 1.16 bits per heavy atom. The summed E-state index contributed by atoms with van der Waals surface area (Å²) in [7, 11) is 1.41. The van der Waals surface area contributed by atoms with Gasteiger partial charge < -0.3 is 9.47 Å². The molecule has 3 heterocycles. The SMILES string of the molecule is COc1cccc(F)c1-c1cnncc1C(=O)Nc1nnc(OCc2ccc(Cl)cn2)s1. The van der Waals surface area contributed by atoms with Crippen molar-refractivity contribution in [2.45, 2.75) is 6.61 Å². The number of aromatic nitrogens is 5. The van der Waals surface area contributed by atoms with Gasteiger partial charge in [0, 0.05) is 11.8 Å². The highest BCUT2D eigenvalue weighted by Crippen LogP contribution is 2.34. The molecule has 1 N–H and O–H groups in total. The van der Waals surface area contributed by atoms with Crippen molar-refractivity contribution in [3.63, 3.8) is 0 Å². The summed E-state index contributed by atoms with van der Waals surface area (Å²) in [6.07, 6.45) is 4.04. The highest BCUT2D eigenvalue weighted by Gasteiger charge is 2.21. The van der Waals surface area contributed by atoms with Crippen molar-refractivity contribution in [3.05, 3.63) is 71.0 Å². The van der Waals surface area contributed by atoms with E-state index in [9.17, 15) is 9.18 Å². The summed E-state index contributed by atoms with van der Waals surface area (Å²) in [5.41, 5.74) is 1.07. The number of halogens is 2. The number of carbonyl (C=O) groups excluding carboxylic acids is 1. The quantitative estimate of drug-likeness (QED) is 0.429. The van der Waals surface area contributed by atoms with E-state index in [4.69, 9.17) is 21.1 Å². The molecule has 162 valence electrons. The second kappa shape index (κ2) is 9.62. The van der Waals surface area contributed by atoms with Gasteiger partial charge in [0.1, 0.15) is 18.2 Å². The van der Waals surface area contributed by atoms with Crippen molar-refractivity contribution in [1.82, 2.24) is 25.4 Å². The predicted octanol–water partition coefficient (Wildman–Crippen LogP) is 4.02. The Hall–Kier alpha value is -3.70. The monoisotopic (exact) mass is 472 g/mol. The second-order valence-corrected chi connectivity index (χ2v) is 7.59. The van der Waals surface area contributed by atoms with Crippen molar-refractivity contribution in [1.29, 1.82) is 0 Å². The molecule has 0 bridgehead atoms. The number of anilines is 1. The summed E-state index contributed by atoms with van der Waals surface area (Å²) in [5.74, 6) is -0.870. The smallest absolute Gasteiger partial charge is 0.296 e. The van der Waals surface area contributed by atoms with Crippen molar-refractivity contribution in [2.75, 3.05) is 12.4 Å². The maximum atomic E-state index is 14.5. The lowest BCUT2D eigenvalue weighted by atomic mass is 10.0. The Bertz CT molecular complexity index is 1250. The van der Waals surface area contributed by atoms with Crippen LogP contribution in [0.1, 0.15) is 16.1 Å². The summed E-state index contributed by atoms with van der Waals surface area (Å²) in [6.45, 7) is 0.158. The Labute approximate surface area is 190 Å². The first kappa shape index (κ1) is 21.5. The number of benzene rings is 1. The van der Waals surface area contributed by atoms with Crippen LogP contribution in [0, 0.1) is 5.82 Å². The minimum Gasteiger partial charge on any atom is -0.496 e. The van der Waals surface area contributed by atoms with Gasteiger partial charge in [-0.3, -0.25) is 15.1 Å². The third-order valence-electron chi connectivity index (χ3n) is 4.20. The number of hydrogen-bond acceptors (Lipinski definition) is 9. The van der Waals surface area contributed by atoms with Gasteiger partial charge in [-0.1, -0.05) is 22.8 Å². The highest BCUT2D eigenvalue weighted by atomic mass is 35.5. The van der Waals surface area contributed by atoms with E-state index < -0.39 is 11.7 Å². The summed E-state index contributed by atoms with van der Waals surface area (Å²) in [5, 5.41) is 18.9. The van der Waals surface area contributed by atoms with Crippen LogP contribution in [0.2, 0.25) is 5.02 Å². The Balaban J connectivity index is 1.51. The van der Waals surface area contributed by atoms with Gasteiger partial charge in [-0.15, -0.1) is 5.10 Å². The van der Waals surface area contributed by atoms with Gasteiger partial charge in [-0.2, -0.15) is 10.2 Å². The van der Waals surface area contributed by atoms with Gasteiger partial charge in [0.25, 0.3) is 11.1 Å². The van der Waals surface area contributed by atoms with Gasteiger partial charge in [0.05, 0.1) is 41.3 Å². The summed E-state index contributed by atoms with van der Waals surface area (Å²) in [4.78, 5) is 17.0. The molecule has 4 aromatic rings. The summed E-state index contributed by atoms with van der Waals surface area (Å²) in [6, 6.07) is 7.79. The van der Waals surface area contributed by atoms with Crippen LogP contribution < -0.4 is 14.8 Å². The number of hydrogen-bond donors (Lipinski definition) is 1. The van der Waals surface area contributed by atoms with E-state index >= 15 is 0 Å². The van der Waals surface area contributed by atoms with E-state index in [0.29, 0.717) is 10.7 Å². The van der Waals surface area contributed by atoms with Crippen LogP contribution in [0.25, 0.3) is 11.1 Å². The van der Waals surface area contributed by atoms with Crippen molar-refractivity contribution < 1.29 is 18.7 Å². The second-order valence-electron chi connectivity index (χ2n) is 6.22. The molecule has 4 rings (SSSR count). The van der Waals surface area contributed by atoms with Gasteiger partial charge in [-0.05, 0) is 35.6 Å². The normalized spacial score (nSPS) is 10.6. The molecule has 9 nitrogen and oxygen atoms in total. The fourth-order valence-corrected chi connectivity index (χ4v) is 3.45. The fraction of sp³-hybridized carbons (Fsp3) is 0.100. The number of amides is 1. The van der Waals surface area contributed by atoms with Gasteiger partial charge in [0.15, 0.2) is 0 Å². The van der Waals surface area contributed by atoms with Crippen molar-refractivity contribution >= 4 is 34.0 Å². The largest absolute Gasteiger partial charge is 0.496 e. The first-order valence-corrected chi connectivity index (χ1v) is 10.3. The van der Waals surface area contributed by atoms with Gasteiger partial charge in [0.2, 0.25) is 5.13 Å². The topological polar surface area (TPSA) is 112 Å². The molecule has 1 aromatic carbocycles. The number of rotatable bonds is 7. The van der Waals surface area contributed by atoms with Crippen molar-refractivity contribution in [3.8, 4) is 22.1 Å². The highest BCUT2D eigenvalue weighted by molar-refractivity contribution is 7.17. The molecule has 0 aliphatic carbocycles. The maximum Gasteiger partial charge on any atom is 0.296 e. The van der Waals surface area contributed by atoms with Crippen LogP contribution in [0.4, 0.5) is 9.52 Å². The van der Waals surface area contributed by atoms with Crippen LogP contribution in [-0.4, -0.2) is 38.4 Å². The predicted molar refractivity (Wildman–Crippen MR) is 115 cm³/mol. The van der Waals surface area contributed by atoms with E-state index in [2.05, 4.69) is 30.7 Å². The lowest BCUT2D eigenvalue weighted by Gasteiger charge is -2.12. The van der Waals surface area contributed by atoms with Crippen LogP contribution in [0.3, 0.4) is 0 Å². The number of methoxy groups -OCH3 is 1. The molecule has 0 saturated carbocycles. The van der Waals surface area contributed by atoms with Crippen LogP contribution in [0.15, 0.2) is 48.9 Å². The standard InChI is InChI=1S/C20H14ClFN6O3S/c1-30-16-4-2-3-15(22)17(16)13-8-24-25-9-14(13)18(29)26-19-27-28-20(32-19)31-10-12-6-5-11(21)7-23-12/h2-9H,10H2,1H3,(H,26,27,29). The average Bonchev–Trinajstić information content (AvgIpc) is 3.25. The summed E-state index contributed by atoms with van der Waals surface area (Å²) >= 11 is 6.83. The molecule has 32 heavy (non-hydrogen) atoms. The number of carbonyl (C=O) groups is 1.